The Morgan fingerprint density at radius 2 is 1.96 bits per heavy atom. The third-order valence-electron chi connectivity index (χ3n) is 4.22. The average molecular weight is 338 g/mol. The highest BCUT2D eigenvalue weighted by Gasteiger charge is 2.33. The van der Waals surface area contributed by atoms with E-state index in [4.69, 9.17) is 14.3 Å². The molecule has 1 aliphatic rings. The Balaban J connectivity index is 2.82. The third-order valence-corrected chi connectivity index (χ3v) is 6.38. The fourth-order valence-electron chi connectivity index (χ4n) is 2.90. The van der Waals surface area contributed by atoms with Gasteiger partial charge in [-0.2, -0.15) is 5.26 Å². The van der Waals surface area contributed by atoms with Crippen LogP contribution in [0.4, 0.5) is 0 Å². The van der Waals surface area contributed by atoms with E-state index < -0.39 is 8.53 Å². The topological polar surface area (TPSA) is 45.5 Å². The quantitative estimate of drug-likeness (QED) is 0.275. The molecule has 6 heteroatoms. The van der Waals surface area contributed by atoms with Gasteiger partial charge in [0, 0.05) is 12.1 Å². The first-order chi connectivity index (χ1) is 10.9. The van der Waals surface area contributed by atoms with Gasteiger partial charge in [0.25, 0.3) is 8.53 Å². The fraction of sp³-hybridized carbons (Fsp3) is 0.824. The molecule has 23 heavy (non-hydrogen) atoms. The van der Waals surface area contributed by atoms with Crippen molar-refractivity contribution in [2.24, 2.45) is 5.92 Å². The Morgan fingerprint density at radius 3 is 2.48 bits per heavy atom. The Bertz CT molecular complexity index is 404. The molecule has 0 saturated heterocycles. The van der Waals surface area contributed by atoms with E-state index in [-0.39, 0.29) is 6.10 Å². The standard InChI is InChI=1S/C17H32BN2O2P/c1-6-15-8-9-16(18)17(12-15)22-23(21-11-7-10-19)20(13(2)3)14(4)5/h8-9,13-17H,6-7,11-12,18H2,1-5H3/t15?,16?,17-,23?/m1/s1. The predicted molar refractivity (Wildman–Crippen MR) is 99.9 cm³/mol. The molecule has 0 N–H and O–H groups in total. The molecular weight excluding hydrogens is 306 g/mol. The lowest BCUT2D eigenvalue weighted by Gasteiger charge is -2.39. The van der Waals surface area contributed by atoms with Crippen molar-refractivity contribution in [3.05, 3.63) is 12.2 Å². The van der Waals surface area contributed by atoms with E-state index in [0.29, 0.717) is 36.8 Å². The van der Waals surface area contributed by atoms with Crippen molar-refractivity contribution in [2.45, 2.75) is 77.9 Å². The molecule has 130 valence electrons. The van der Waals surface area contributed by atoms with E-state index in [2.05, 4.69) is 65.4 Å². The minimum Gasteiger partial charge on any atom is -0.321 e. The first-order valence-corrected chi connectivity index (χ1v) is 9.97. The van der Waals surface area contributed by atoms with Crippen molar-refractivity contribution in [1.82, 2.24) is 4.67 Å². The summed E-state index contributed by atoms with van der Waals surface area (Å²) in [6.07, 6.45) is 7.40. The molecule has 4 atom stereocenters. The van der Waals surface area contributed by atoms with Crippen LogP contribution < -0.4 is 0 Å². The summed E-state index contributed by atoms with van der Waals surface area (Å²) in [6, 6.07) is 2.84. The minimum atomic E-state index is -1.14. The summed E-state index contributed by atoms with van der Waals surface area (Å²) in [7, 11) is 1.07. The molecule has 0 aromatic carbocycles. The van der Waals surface area contributed by atoms with Gasteiger partial charge in [0.15, 0.2) is 0 Å². The maximum atomic E-state index is 8.78. The maximum Gasteiger partial charge on any atom is 0.259 e. The zero-order valence-electron chi connectivity index (χ0n) is 15.5. The number of allylic oxidation sites excluding steroid dienone is 1. The molecule has 0 saturated carbocycles. The lowest BCUT2D eigenvalue weighted by atomic mass is 9.74. The molecule has 0 amide bonds. The summed E-state index contributed by atoms with van der Waals surface area (Å²) in [5.74, 6) is 1.00. The summed E-state index contributed by atoms with van der Waals surface area (Å²) in [5, 5.41) is 8.78. The molecule has 0 aliphatic heterocycles. The molecule has 4 nitrogen and oxygen atoms in total. The van der Waals surface area contributed by atoms with Crippen LogP contribution in [0.25, 0.3) is 0 Å². The predicted octanol–water partition coefficient (Wildman–Crippen LogP) is 4.06. The monoisotopic (exact) mass is 338 g/mol. The van der Waals surface area contributed by atoms with E-state index in [1.807, 2.05) is 0 Å². The normalized spacial score (nSPS) is 26.0. The van der Waals surface area contributed by atoms with Crippen LogP contribution >= 0.6 is 8.53 Å². The summed E-state index contributed by atoms with van der Waals surface area (Å²) >= 11 is 0. The first kappa shape index (κ1) is 20.6. The minimum absolute atomic E-state index is 0.193. The highest BCUT2D eigenvalue weighted by Crippen LogP contribution is 2.49. The number of nitriles is 1. The van der Waals surface area contributed by atoms with Gasteiger partial charge < -0.3 is 9.05 Å². The van der Waals surface area contributed by atoms with Gasteiger partial charge in [-0.05, 0) is 52.3 Å². The summed E-state index contributed by atoms with van der Waals surface area (Å²) in [5.41, 5.74) is 0. The van der Waals surface area contributed by atoms with Crippen LogP contribution in [0.1, 0.15) is 53.9 Å². The fourth-order valence-corrected chi connectivity index (χ4v) is 4.71. The van der Waals surface area contributed by atoms with Crippen LogP contribution in [0.3, 0.4) is 0 Å². The Morgan fingerprint density at radius 1 is 1.30 bits per heavy atom. The van der Waals surface area contributed by atoms with Crippen LogP contribution in [0.5, 0.6) is 0 Å². The summed E-state index contributed by atoms with van der Waals surface area (Å²) < 4.78 is 14.8. The van der Waals surface area contributed by atoms with Crippen LogP contribution in [0.15, 0.2) is 12.2 Å². The third kappa shape index (κ3) is 6.55. The molecule has 0 radical (unpaired) electrons. The number of nitrogens with zero attached hydrogens (tertiary/aromatic N) is 2. The lowest BCUT2D eigenvalue weighted by Crippen LogP contribution is -2.35. The summed E-state index contributed by atoms with van der Waals surface area (Å²) in [6.45, 7) is 11.3. The maximum absolute atomic E-state index is 8.78. The molecule has 0 fully saturated rings. The van der Waals surface area contributed by atoms with E-state index in [0.717, 1.165) is 12.8 Å². The van der Waals surface area contributed by atoms with Crippen LogP contribution in [0, 0.1) is 17.2 Å². The Labute approximate surface area is 144 Å². The second-order valence-electron chi connectivity index (χ2n) is 6.84. The molecule has 0 heterocycles. The van der Waals surface area contributed by atoms with Crippen LogP contribution in [0.2, 0.25) is 5.82 Å². The van der Waals surface area contributed by atoms with Crippen LogP contribution in [-0.4, -0.2) is 37.3 Å². The van der Waals surface area contributed by atoms with E-state index >= 15 is 0 Å². The number of hydrogen-bond acceptors (Lipinski definition) is 4. The van der Waals surface area contributed by atoms with Gasteiger partial charge in [0.05, 0.1) is 25.2 Å². The number of hydrogen-bond donors (Lipinski definition) is 0. The lowest BCUT2D eigenvalue weighted by molar-refractivity contribution is 0.117. The Hall–Kier alpha value is -0.395. The smallest absolute Gasteiger partial charge is 0.259 e. The van der Waals surface area contributed by atoms with Gasteiger partial charge in [-0.1, -0.05) is 19.1 Å². The van der Waals surface area contributed by atoms with Gasteiger partial charge >= 0.3 is 0 Å². The molecule has 0 aromatic heterocycles. The Kier molecular flexibility index (Phi) is 9.40. The van der Waals surface area contributed by atoms with Gasteiger partial charge in [-0.3, -0.25) is 0 Å². The van der Waals surface area contributed by atoms with E-state index in [1.54, 1.807) is 0 Å². The second kappa shape index (κ2) is 10.5. The highest BCUT2D eigenvalue weighted by atomic mass is 31.2. The average Bonchev–Trinajstić information content (AvgIpc) is 2.48. The molecule has 3 unspecified atom stereocenters. The summed E-state index contributed by atoms with van der Waals surface area (Å²) in [4.78, 5) is 0. The van der Waals surface area contributed by atoms with Gasteiger partial charge in [-0.15, -0.1) is 0 Å². The zero-order chi connectivity index (χ0) is 17.4. The zero-order valence-corrected chi connectivity index (χ0v) is 16.4. The van der Waals surface area contributed by atoms with Gasteiger partial charge in [0.2, 0.25) is 0 Å². The SMILES string of the molecule is BC1C=CC(CC)C[C@H]1OP(OCCC#N)N(C(C)C)C(C)C. The molecular formula is C17H32BN2O2P. The van der Waals surface area contributed by atoms with Crippen LogP contribution in [-0.2, 0) is 9.05 Å². The number of rotatable bonds is 9. The molecule has 0 spiro atoms. The van der Waals surface area contributed by atoms with Gasteiger partial charge in [0.1, 0.15) is 7.85 Å². The van der Waals surface area contributed by atoms with Crippen molar-refractivity contribution < 1.29 is 9.05 Å². The second-order valence-corrected chi connectivity index (χ2v) is 8.25. The first-order valence-electron chi connectivity index (χ1n) is 8.84. The molecule has 0 bridgehead atoms. The molecule has 1 rings (SSSR count). The largest absolute Gasteiger partial charge is 0.321 e. The van der Waals surface area contributed by atoms with Crippen molar-refractivity contribution in [2.75, 3.05) is 6.61 Å². The molecule has 1 aliphatic carbocycles. The van der Waals surface area contributed by atoms with E-state index in [9.17, 15) is 0 Å². The van der Waals surface area contributed by atoms with E-state index in [1.165, 1.54) is 0 Å². The van der Waals surface area contributed by atoms with Crippen molar-refractivity contribution in [3.8, 4) is 6.07 Å². The van der Waals surface area contributed by atoms with Crippen molar-refractivity contribution in [1.29, 1.82) is 5.26 Å². The highest BCUT2D eigenvalue weighted by molar-refractivity contribution is 7.44. The van der Waals surface area contributed by atoms with Crippen molar-refractivity contribution in [3.63, 3.8) is 0 Å². The van der Waals surface area contributed by atoms with Gasteiger partial charge in [-0.25, -0.2) is 4.67 Å². The molecule has 0 aromatic rings. The van der Waals surface area contributed by atoms with Crippen molar-refractivity contribution >= 4 is 16.4 Å².